The first-order chi connectivity index (χ1) is 13.8. The number of nitrogens with zero attached hydrogens (tertiary/aromatic N) is 1. The zero-order valence-corrected chi connectivity index (χ0v) is 17.8. The van der Waals surface area contributed by atoms with Crippen molar-refractivity contribution in [1.82, 2.24) is 9.62 Å². The summed E-state index contributed by atoms with van der Waals surface area (Å²) in [5.74, 6) is 0.604. The number of carbonyl (C=O) groups excluding carboxylic acids is 1. The van der Waals surface area contributed by atoms with Crippen molar-refractivity contribution >= 4 is 21.7 Å². The number of benzene rings is 2. The molecular weight excluding hydrogens is 390 g/mol. The molecular formula is C21H27N3O4S. The van der Waals surface area contributed by atoms with Gasteiger partial charge in [-0.3, -0.25) is 0 Å². The van der Waals surface area contributed by atoms with Gasteiger partial charge in [0, 0.05) is 24.8 Å². The summed E-state index contributed by atoms with van der Waals surface area (Å²) < 4.78 is 33.0. The number of ether oxygens (including phenoxy) is 1. The van der Waals surface area contributed by atoms with Crippen LogP contribution in [0.1, 0.15) is 24.0 Å². The number of hydrogen-bond donors (Lipinski definition) is 2. The number of nitrogens with one attached hydrogen (secondary N) is 2. The monoisotopic (exact) mass is 417 g/mol. The molecule has 0 saturated carbocycles. The SMILES string of the molecule is COc1ccc(S(=O)(=O)NC2CCN(C(=O)Nc3cccc(C)c3C)CC2)cc1. The highest BCUT2D eigenvalue weighted by Gasteiger charge is 2.27. The predicted octanol–water partition coefficient (Wildman–Crippen LogP) is 3.29. The van der Waals surface area contributed by atoms with E-state index in [2.05, 4.69) is 10.0 Å². The molecule has 1 aliphatic rings. The third kappa shape index (κ3) is 5.07. The predicted molar refractivity (Wildman–Crippen MR) is 113 cm³/mol. The number of carbonyl (C=O) groups is 1. The molecule has 0 atom stereocenters. The Labute approximate surface area is 172 Å². The van der Waals surface area contributed by atoms with Crippen molar-refractivity contribution in [2.24, 2.45) is 0 Å². The van der Waals surface area contributed by atoms with Crippen LogP contribution in [0.3, 0.4) is 0 Å². The minimum atomic E-state index is -3.61. The van der Waals surface area contributed by atoms with Gasteiger partial charge in [-0.25, -0.2) is 17.9 Å². The average molecular weight is 418 g/mol. The lowest BCUT2D eigenvalue weighted by Gasteiger charge is -2.32. The second-order valence-corrected chi connectivity index (χ2v) is 8.95. The Balaban J connectivity index is 1.55. The van der Waals surface area contributed by atoms with E-state index in [1.54, 1.807) is 17.0 Å². The van der Waals surface area contributed by atoms with Crippen molar-refractivity contribution < 1.29 is 17.9 Å². The fourth-order valence-electron chi connectivity index (χ4n) is 3.32. The summed E-state index contributed by atoms with van der Waals surface area (Å²) >= 11 is 0. The van der Waals surface area contributed by atoms with Crippen molar-refractivity contribution in [3.05, 3.63) is 53.6 Å². The van der Waals surface area contributed by atoms with Gasteiger partial charge in [0.1, 0.15) is 5.75 Å². The van der Waals surface area contributed by atoms with E-state index < -0.39 is 10.0 Å². The van der Waals surface area contributed by atoms with E-state index in [0.717, 1.165) is 16.8 Å². The molecule has 2 N–H and O–H groups in total. The first-order valence-corrected chi connectivity index (χ1v) is 11.1. The Bertz CT molecular complexity index is 966. The molecule has 29 heavy (non-hydrogen) atoms. The third-order valence-electron chi connectivity index (χ3n) is 5.32. The standard InChI is InChI=1S/C21H27N3O4S/c1-15-5-4-6-20(16(15)2)22-21(25)24-13-11-17(12-14-24)23-29(26,27)19-9-7-18(28-3)8-10-19/h4-10,17,23H,11-14H2,1-3H3,(H,22,25). The lowest BCUT2D eigenvalue weighted by Crippen LogP contribution is -2.47. The third-order valence-corrected chi connectivity index (χ3v) is 6.86. The molecule has 156 valence electrons. The molecule has 0 bridgehead atoms. The molecule has 0 aliphatic carbocycles. The van der Waals surface area contributed by atoms with Gasteiger partial charge in [0.25, 0.3) is 0 Å². The number of likely N-dealkylation sites (tertiary alicyclic amines) is 1. The summed E-state index contributed by atoms with van der Waals surface area (Å²) in [6, 6.07) is 11.7. The van der Waals surface area contributed by atoms with E-state index in [0.29, 0.717) is 31.7 Å². The van der Waals surface area contributed by atoms with Crippen molar-refractivity contribution in [2.45, 2.75) is 37.6 Å². The number of hydrogen-bond acceptors (Lipinski definition) is 4. The Morgan fingerprint density at radius 3 is 2.34 bits per heavy atom. The molecule has 2 aromatic carbocycles. The van der Waals surface area contributed by atoms with Crippen LogP contribution in [0.4, 0.5) is 10.5 Å². The van der Waals surface area contributed by atoms with Crippen LogP contribution in [0.25, 0.3) is 0 Å². The van der Waals surface area contributed by atoms with Gasteiger partial charge in [0.2, 0.25) is 10.0 Å². The number of methoxy groups -OCH3 is 1. The maximum atomic E-state index is 12.6. The highest BCUT2D eigenvalue weighted by molar-refractivity contribution is 7.89. The van der Waals surface area contributed by atoms with Gasteiger partial charge >= 0.3 is 6.03 Å². The fourth-order valence-corrected chi connectivity index (χ4v) is 4.63. The smallest absolute Gasteiger partial charge is 0.321 e. The lowest BCUT2D eigenvalue weighted by atomic mass is 10.1. The minimum absolute atomic E-state index is 0.157. The van der Waals surface area contributed by atoms with Gasteiger partial charge in [-0.05, 0) is 68.1 Å². The maximum absolute atomic E-state index is 12.6. The molecule has 8 heteroatoms. The van der Waals surface area contributed by atoms with Gasteiger partial charge in [0.15, 0.2) is 0 Å². The molecule has 0 aromatic heterocycles. The number of aryl methyl sites for hydroxylation is 1. The number of anilines is 1. The number of urea groups is 1. The van der Waals surface area contributed by atoms with E-state index in [4.69, 9.17) is 4.74 Å². The molecule has 0 radical (unpaired) electrons. The highest BCUT2D eigenvalue weighted by atomic mass is 32.2. The summed E-state index contributed by atoms with van der Waals surface area (Å²) in [4.78, 5) is 14.5. The van der Waals surface area contributed by atoms with Gasteiger partial charge in [-0.2, -0.15) is 0 Å². The summed E-state index contributed by atoms with van der Waals surface area (Å²) in [7, 11) is -2.07. The molecule has 1 saturated heterocycles. The zero-order valence-electron chi connectivity index (χ0n) is 16.9. The average Bonchev–Trinajstić information content (AvgIpc) is 2.71. The molecule has 3 rings (SSSR count). The van der Waals surface area contributed by atoms with E-state index in [1.165, 1.54) is 19.2 Å². The van der Waals surface area contributed by atoms with Crippen LogP contribution in [0, 0.1) is 13.8 Å². The van der Waals surface area contributed by atoms with Crippen LogP contribution in [0.15, 0.2) is 47.4 Å². The van der Waals surface area contributed by atoms with Crippen LogP contribution in [-0.4, -0.2) is 45.6 Å². The molecule has 0 spiro atoms. The van der Waals surface area contributed by atoms with Gasteiger partial charge in [-0.1, -0.05) is 12.1 Å². The van der Waals surface area contributed by atoms with Crippen molar-refractivity contribution in [2.75, 3.05) is 25.5 Å². The lowest BCUT2D eigenvalue weighted by molar-refractivity contribution is 0.193. The number of piperidine rings is 1. The molecule has 7 nitrogen and oxygen atoms in total. The first-order valence-electron chi connectivity index (χ1n) is 9.58. The van der Waals surface area contributed by atoms with E-state index in [9.17, 15) is 13.2 Å². The number of amides is 2. The van der Waals surface area contributed by atoms with Crippen molar-refractivity contribution in [3.63, 3.8) is 0 Å². The minimum Gasteiger partial charge on any atom is -0.497 e. The molecule has 1 fully saturated rings. The topological polar surface area (TPSA) is 87.7 Å². The van der Waals surface area contributed by atoms with Crippen LogP contribution < -0.4 is 14.8 Å². The molecule has 1 heterocycles. The summed E-state index contributed by atoms with van der Waals surface area (Å²) in [6.07, 6.45) is 1.13. The number of sulfonamides is 1. The highest BCUT2D eigenvalue weighted by Crippen LogP contribution is 2.21. The van der Waals surface area contributed by atoms with Crippen LogP contribution in [0.5, 0.6) is 5.75 Å². The van der Waals surface area contributed by atoms with Gasteiger partial charge in [0.05, 0.1) is 12.0 Å². The van der Waals surface area contributed by atoms with Gasteiger partial charge in [-0.15, -0.1) is 0 Å². The first kappa shape index (κ1) is 21.1. The quantitative estimate of drug-likeness (QED) is 0.781. The summed E-state index contributed by atoms with van der Waals surface area (Å²) in [6.45, 7) is 4.97. The molecule has 2 amide bonds. The molecule has 0 unspecified atom stereocenters. The van der Waals surface area contributed by atoms with Crippen molar-refractivity contribution in [1.29, 1.82) is 0 Å². The Hall–Kier alpha value is -2.58. The fraction of sp³-hybridized carbons (Fsp3) is 0.381. The van der Waals surface area contributed by atoms with E-state index in [-0.39, 0.29) is 17.0 Å². The molecule has 1 aliphatic heterocycles. The summed E-state index contributed by atoms with van der Waals surface area (Å²) in [5.41, 5.74) is 2.97. The summed E-state index contributed by atoms with van der Waals surface area (Å²) in [5, 5.41) is 2.96. The van der Waals surface area contributed by atoms with Crippen LogP contribution in [0.2, 0.25) is 0 Å². The van der Waals surface area contributed by atoms with Crippen LogP contribution in [-0.2, 0) is 10.0 Å². The van der Waals surface area contributed by atoms with E-state index in [1.807, 2.05) is 32.0 Å². The largest absolute Gasteiger partial charge is 0.497 e. The Morgan fingerprint density at radius 2 is 1.72 bits per heavy atom. The van der Waals surface area contributed by atoms with E-state index >= 15 is 0 Å². The zero-order chi connectivity index (χ0) is 21.0. The molecule has 2 aromatic rings. The Kier molecular flexibility index (Phi) is 6.44. The van der Waals surface area contributed by atoms with Gasteiger partial charge < -0.3 is 15.0 Å². The second kappa shape index (κ2) is 8.84. The number of rotatable bonds is 5. The van der Waals surface area contributed by atoms with Crippen LogP contribution >= 0.6 is 0 Å². The normalized spacial score (nSPS) is 15.2. The second-order valence-electron chi connectivity index (χ2n) is 7.24. The van der Waals surface area contributed by atoms with Crippen molar-refractivity contribution in [3.8, 4) is 5.75 Å². The Morgan fingerprint density at radius 1 is 1.07 bits per heavy atom. The maximum Gasteiger partial charge on any atom is 0.321 e.